The quantitative estimate of drug-likeness (QED) is 0.517. The van der Waals surface area contributed by atoms with E-state index in [1.807, 2.05) is 4.90 Å². The molecule has 2 aromatic carbocycles. The lowest BCUT2D eigenvalue weighted by Gasteiger charge is -2.48. The molecule has 1 aromatic heterocycles. The molecular formula is C26H25F3N4O2S. The summed E-state index contributed by atoms with van der Waals surface area (Å²) in [6, 6.07) is 10.6. The Morgan fingerprint density at radius 3 is 2.31 bits per heavy atom. The lowest BCUT2D eigenvalue weighted by atomic mass is 9.96. The van der Waals surface area contributed by atoms with Gasteiger partial charge in [-0.3, -0.25) is 14.5 Å². The van der Waals surface area contributed by atoms with Crippen LogP contribution in [0.4, 0.5) is 13.2 Å². The van der Waals surface area contributed by atoms with Crippen LogP contribution in [0.2, 0.25) is 0 Å². The SMILES string of the molecule is Cc1cc(-c2cccc(C(F)(F)F)c2)ccc1C(=O)N1CC(N2CCN(C(=O)c3cscn3)CC2)C1. The highest BCUT2D eigenvalue weighted by atomic mass is 32.1. The zero-order chi connectivity index (χ0) is 25.4. The molecule has 2 aliphatic heterocycles. The number of aryl methyl sites for hydroxylation is 1. The number of likely N-dealkylation sites (tertiary alicyclic amines) is 1. The van der Waals surface area contributed by atoms with Crippen molar-refractivity contribution in [3.8, 4) is 11.1 Å². The van der Waals surface area contributed by atoms with E-state index in [-0.39, 0.29) is 17.9 Å². The molecule has 0 saturated carbocycles. The maximum Gasteiger partial charge on any atom is 0.416 e. The van der Waals surface area contributed by atoms with Gasteiger partial charge in [-0.2, -0.15) is 13.2 Å². The summed E-state index contributed by atoms with van der Waals surface area (Å²) in [6.45, 7) is 5.83. The van der Waals surface area contributed by atoms with Crippen LogP contribution in [0.1, 0.15) is 32.0 Å². The molecule has 188 valence electrons. The second kappa shape index (κ2) is 9.67. The van der Waals surface area contributed by atoms with Crippen molar-refractivity contribution in [2.75, 3.05) is 39.3 Å². The van der Waals surface area contributed by atoms with Crippen molar-refractivity contribution in [2.45, 2.75) is 19.1 Å². The molecule has 0 spiro atoms. The van der Waals surface area contributed by atoms with E-state index in [1.54, 1.807) is 47.0 Å². The van der Waals surface area contributed by atoms with Crippen LogP contribution < -0.4 is 0 Å². The Balaban J connectivity index is 1.17. The molecule has 0 bridgehead atoms. The molecule has 2 amide bonds. The molecule has 0 aliphatic carbocycles. The van der Waals surface area contributed by atoms with Crippen LogP contribution in [0.15, 0.2) is 53.4 Å². The predicted octanol–water partition coefficient (Wildman–Crippen LogP) is 4.42. The second-order valence-corrected chi connectivity index (χ2v) is 9.89. The van der Waals surface area contributed by atoms with Crippen LogP contribution in [0.3, 0.4) is 0 Å². The lowest BCUT2D eigenvalue weighted by molar-refractivity contribution is -0.137. The summed E-state index contributed by atoms with van der Waals surface area (Å²) in [5, 5.41) is 1.76. The molecule has 10 heteroatoms. The van der Waals surface area contributed by atoms with Crippen molar-refractivity contribution in [1.82, 2.24) is 19.7 Å². The summed E-state index contributed by atoms with van der Waals surface area (Å²) in [4.78, 5) is 35.6. The summed E-state index contributed by atoms with van der Waals surface area (Å²) in [6.07, 6.45) is -4.40. The van der Waals surface area contributed by atoms with E-state index < -0.39 is 11.7 Å². The maximum atomic E-state index is 13.1. The fraction of sp³-hybridized carbons (Fsp3) is 0.346. The van der Waals surface area contributed by atoms with Gasteiger partial charge in [0.15, 0.2) is 0 Å². The summed E-state index contributed by atoms with van der Waals surface area (Å²) in [5.41, 5.74) is 3.84. The number of aromatic nitrogens is 1. The molecule has 0 unspecified atom stereocenters. The number of hydrogen-bond donors (Lipinski definition) is 0. The first-order valence-electron chi connectivity index (χ1n) is 11.7. The van der Waals surface area contributed by atoms with Crippen LogP contribution in [-0.4, -0.2) is 76.8 Å². The van der Waals surface area contributed by atoms with Crippen LogP contribution >= 0.6 is 11.3 Å². The topological polar surface area (TPSA) is 56.8 Å². The van der Waals surface area contributed by atoms with Crippen molar-refractivity contribution in [3.05, 3.63) is 75.7 Å². The molecule has 36 heavy (non-hydrogen) atoms. The molecule has 6 nitrogen and oxygen atoms in total. The number of halogens is 3. The minimum atomic E-state index is -4.40. The number of carbonyl (C=O) groups is 2. The van der Waals surface area contributed by atoms with Gasteiger partial charge in [-0.05, 0) is 41.8 Å². The van der Waals surface area contributed by atoms with E-state index in [0.717, 1.165) is 30.8 Å². The minimum Gasteiger partial charge on any atom is -0.335 e. The molecule has 0 radical (unpaired) electrons. The first-order chi connectivity index (χ1) is 17.2. The summed E-state index contributed by atoms with van der Waals surface area (Å²) in [5.74, 6) is -0.109. The molecule has 0 atom stereocenters. The largest absolute Gasteiger partial charge is 0.416 e. The molecule has 2 aliphatic rings. The van der Waals surface area contributed by atoms with Crippen LogP contribution in [0.25, 0.3) is 11.1 Å². The fourth-order valence-corrected chi connectivity index (χ4v) is 5.28. The summed E-state index contributed by atoms with van der Waals surface area (Å²) >= 11 is 1.41. The van der Waals surface area contributed by atoms with E-state index >= 15 is 0 Å². The van der Waals surface area contributed by atoms with Gasteiger partial charge in [-0.15, -0.1) is 11.3 Å². The summed E-state index contributed by atoms with van der Waals surface area (Å²) in [7, 11) is 0. The molecule has 3 heterocycles. The lowest BCUT2D eigenvalue weighted by Crippen LogP contribution is -2.64. The number of carbonyl (C=O) groups excluding carboxylic acids is 2. The van der Waals surface area contributed by atoms with Crippen molar-refractivity contribution in [3.63, 3.8) is 0 Å². The van der Waals surface area contributed by atoms with Gasteiger partial charge in [0, 0.05) is 56.3 Å². The highest BCUT2D eigenvalue weighted by Crippen LogP contribution is 2.33. The Kier molecular flexibility index (Phi) is 6.57. The molecular weight excluding hydrogens is 489 g/mol. The third kappa shape index (κ3) is 4.87. The minimum absolute atomic E-state index is 0.0367. The average molecular weight is 515 g/mol. The standard InChI is InChI=1S/C26H25F3N4O2S/c1-17-11-19(18-3-2-4-20(12-18)26(27,28)29)5-6-22(17)24(34)33-13-21(14-33)31-7-9-32(10-8-31)25(35)23-15-36-16-30-23/h2-6,11-12,15-16,21H,7-10,13-14H2,1H3. The highest BCUT2D eigenvalue weighted by Gasteiger charge is 2.37. The van der Waals surface area contributed by atoms with Crippen molar-refractivity contribution in [2.24, 2.45) is 0 Å². The highest BCUT2D eigenvalue weighted by molar-refractivity contribution is 7.07. The number of hydrogen-bond acceptors (Lipinski definition) is 5. The number of nitrogens with zero attached hydrogens (tertiary/aromatic N) is 4. The normalized spacial score (nSPS) is 17.2. The number of piperazine rings is 1. The Bertz CT molecular complexity index is 1260. The number of amides is 2. The first-order valence-corrected chi connectivity index (χ1v) is 12.6. The van der Waals surface area contributed by atoms with Gasteiger partial charge in [-0.1, -0.05) is 24.3 Å². The van der Waals surface area contributed by atoms with Gasteiger partial charge < -0.3 is 9.80 Å². The van der Waals surface area contributed by atoms with Crippen molar-refractivity contribution >= 4 is 23.2 Å². The van der Waals surface area contributed by atoms with Crippen molar-refractivity contribution < 1.29 is 22.8 Å². The van der Waals surface area contributed by atoms with Crippen LogP contribution in [0.5, 0.6) is 0 Å². The number of thiazole rings is 1. The summed E-state index contributed by atoms with van der Waals surface area (Å²) < 4.78 is 39.2. The molecule has 2 saturated heterocycles. The third-order valence-electron chi connectivity index (χ3n) is 6.90. The zero-order valence-corrected chi connectivity index (χ0v) is 20.5. The van der Waals surface area contributed by atoms with E-state index in [4.69, 9.17) is 0 Å². The van der Waals surface area contributed by atoms with E-state index in [2.05, 4.69) is 9.88 Å². The number of alkyl halides is 3. The molecule has 3 aromatic rings. The van der Waals surface area contributed by atoms with Gasteiger partial charge in [0.2, 0.25) is 0 Å². The second-order valence-electron chi connectivity index (χ2n) is 9.17. The third-order valence-corrected chi connectivity index (χ3v) is 7.49. The van der Waals surface area contributed by atoms with Crippen LogP contribution in [0, 0.1) is 6.92 Å². The van der Waals surface area contributed by atoms with E-state index in [1.165, 1.54) is 17.4 Å². The van der Waals surface area contributed by atoms with Gasteiger partial charge in [0.25, 0.3) is 11.8 Å². The monoisotopic (exact) mass is 514 g/mol. The Morgan fingerprint density at radius 2 is 1.67 bits per heavy atom. The Morgan fingerprint density at radius 1 is 0.944 bits per heavy atom. The van der Waals surface area contributed by atoms with Gasteiger partial charge >= 0.3 is 6.18 Å². The predicted molar refractivity (Wildman–Crippen MR) is 131 cm³/mol. The molecule has 0 N–H and O–H groups in total. The van der Waals surface area contributed by atoms with E-state index in [0.29, 0.717) is 48.6 Å². The van der Waals surface area contributed by atoms with E-state index in [9.17, 15) is 22.8 Å². The number of rotatable bonds is 4. The fourth-order valence-electron chi connectivity index (χ4n) is 4.75. The smallest absolute Gasteiger partial charge is 0.335 e. The zero-order valence-electron chi connectivity index (χ0n) is 19.7. The van der Waals surface area contributed by atoms with Gasteiger partial charge in [0.05, 0.1) is 11.1 Å². The van der Waals surface area contributed by atoms with Gasteiger partial charge in [-0.25, -0.2) is 4.98 Å². The molecule has 2 fully saturated rings. The van der Waals surface area contributed by atoms with Crippen LogP contribution in [-0.2, 0) is 6.18 Å². The first kappa shape index (κ1) is 24.5. The average Bonchev–Trinajstić information content (AvgIpc) is 3.37. The Hall–Kier alpha value is -3.24. The number of benzene rings is 2. The maximum absolute atomic E-state index is 13.1. The molecule has 5 rings (SSSR count). The Labute approximate surface area is 211 Å². The van der Waals surface area contributed by atoms with Gasteiger partial charge in [0.1, 0.15) is 5.69 Å². The van der Waals surface area contributed by atoms with Crippen molar-refractivity contribution in [1.29, 1.82) is 0 Å².